The molecule has 0 radical (unpaired) electrons. The van der Waals surface area contributed by atoms with Gasteiger partial charge < -0.3 is 15.8 Å². The molecular weight excluding hydrogens is 257 g/mol. The zero-order chi connectivity index (χ0) is 13.5. The number of thiocarbonyl (C=S) groups is 1. The number of hydrogen-bond acceptors (Lipinski definition) is 3. The maximum absolute atomic E-state index is 11.7. The van der Waals surface area contributed by atoms with Gasteiger partial charge in [0.05, 0.1) is 11.6 Å². The van der Waals surface area contributed by atoms with Crippen molar-refractivity contribution in [3.8, 4) is 0 Å². The van der Waals surface area contributed by atoms with Crippen LogP contribution in [0.4, 0.5) is 13.2 Å². The molecule has 0 heterocycles. The van der Waals surface area contributed by atoms with E-state index in [1.165, 1.54) is 0 Å². The molecule has 0 aliphatic heterocycles. The van der Waals surface area contributed by atoms with Crippen LogP contribution in [0.5, 0.6) is 0 Å². The topological polar surface area (TPSA) is 64.3 Å². The fourth-order valence-electron chi connectivity index (χ4n) is 0.809. The summed E-state index contributed by atoms with van der Waals surface area (Å²) >= 11 is 4.69. The van der Waals surface area contributed by atoms with E-state index in [9.17, 15) is 18.0 Å². The standard InChI is InChI=1S/C9H15F3N2O2S/c1-6(8(13)17)4-14-7(15)2-3-16-5-9(10,11)12/h6H,2-5H2,1H3,(H2,13,17)(H,14,15). The van der Waals surface area contributed by atoms with Gasteiger partial charge in [-0.2, -0.15) is 13.2 Å². The van der Waals surface area contributed by atoms with Gasteiger partial charge in [0.15, 0.2) is 0 Å². The number of alkyl halides is 3. The van der Waals surface area contributed by atoms with E-state index >= 15 is 0 Å². The minimum atomic E-state index is -4.36. The number of amides is 1. The van der Waals surface area contributed by atoms with E-state index in [1.54, 1.807) is 6.92 Å². The van der Waals surface area contributed by atoms with Gasteiger partial charge in [-0.25, -0.2) is 0 Å². The lowest BCUT2D eigenvalue weighted by Crippen LogP contribution is -2.34. The van der Waals surface area contributed by atoms with Gasteiger partial charge in [-0.05, 0) is 0 Å². The number of nitrogens with two attached hydrogens (primary N) is 1. The number of carbonyl (C=O) groups excluding carboxylic acids is 1. The first-order valence-corrected chi connectivity index (χ1v) is 5.33. The van der Waals surface area contributed by atoms with Crippen molar-refractivity contribution in [1.82, 2.24) is 5.32 Å². The molecule has 17 heavy (non-hydrogen) atoms. The van der Waals surface area contributed by atoms with E-state index < -0.39 is 18.7 Å². The Morgan fingerprint density at radius 2 is 2.12 bits per heavy atom. The number of rotatable bonds is 7. The summed E-state index contributed by atoms with van der Waals surface area (Å²) in [6.45, 7) is 0.395. The van der Waals surface area contributed by atoms with Crippen molar-refractivity contribution in [2.24, 2.45) is 11.7 Å². The average molecular weight is 272 g/mol. The van der Waals surface area contributed by atoms with Crippen LogP contribution in [0.15, 0.2) is 0 Å². The summed E-state index contributed by atoms with van der Waals surface area (Å²) in [5.74, 6) is -0.541. The zero-order valence-electron chi connectivity index (χ0n) is 9.34. The average Bonchev–Trinajstić information content (AvgIpc) is 2.19. The third kappa shape index (κ3) is 10.0. The quantitative estimate of drug-likeness (QED) is 0.536. The Bertz CT molecular complexity index is 271. The molecule has 0 aromatic rings. The molecule has 0 aliphatic carbocycles. The Kier molecular flexibility index (Phi) is 7.05. The van der Waals surface area contributed by atoms with E-state index in [0.29, 0.717) is 0 Å². The van der Waals surface area contributed by atoms with Gasteiger partial charge >= 0.3 is 6.18 Å². The first-order chi connectivity index (χ1) is 7.72. The first-order valence-electron chi connectivity index (χ1n) is 4.93. The highest BCUT2D eigenvalue weighted by atomic mass is 32.1. The molecule has 1 amide bonds. The lowest BCUT2D eigenvalue weighted by molar-refractivity contribution is -0.174. The highest BCUT2D eigenvalue weighted by Gasteiger charge is 2.27. The second kappa shape index (κ2) is 7.44. The van der Waals surface area contributed by atoms with Crippen molar-refractivity contribution in [2.45, 2.75) is 19.5 Å². The molecule has 8 heteroatoms. The van der Waals surface area contributed by atoms with Crippen molar-refractivity contribution in [2.75, 3.05) is 19.8 Å². The van der Waals surface area contributed by atoms with E-state index in [-0.39, 0.29) is 30.5 Å². The van der Waals surface area contributed by atoms with E-state index in [2.05, 4.69) is 10.1 Å². The van der Waals surface area contributed by atoms with Gasteiger partial charge in [-0.1, -0.05) is 19.1 Å². The zero-order valence-corrected chi connectivity index (χ0v) is 10.2. The summed E-state index contributed by atoms with van der Waals surface area (Å²) in [6, 6.07) is 0. The summed E-state index contributed by atoms with van der Waals surface area (Å²) in [6.07, 6.45) is -4.49. The minimum Gasteiger partial charge on any atom is -0.393 e. The van der Waals surface area contributed by atoms with Gasteiger partial charge in [0, 0.05) is 18.9 Å². The molecule has 1 unspecified atom stereocenters. The molecular formula is C9H15F3N2O2S. The fraction of sp³-hybridized carbons (Fsp3) is 0.778. The van der Waals surface area contributed by atoms with Crippen LogP contribution in [0.2, 0.25) is 0 Å². The maximum Gasteiger partial charge on any atom is 0.411 e. The van der Waals surface area contributed by atoms with Crippen molar-refractivity contribution < 1.29 is 22.7 Å². The van der Waals surface area contributed by atoms with Crippen LogP contribution < -0.4 is 11.1 Å². The van der Waals surface area contributed by atoms with Crippen molar-refractivity contribution in [3.05, 3.63) is 0 Å². The fourth-order valence-corrected chi connectivity index (χ4v) is 0.892. The summed E-state index contributed by atoms with van der Waals surface area (Å²) < 4.78 is 39.3. The summed E-state index contributed by atoms with van der Waals surface area (Å²) in [5.41, 5.74) is 5.32. The van der Waals surface area contributed by atoms with Crippen LogP contribution >= 0.6 is 12.2 Å². The number of halogens is 3. The summed E-state index contributed by atoms with van der Waals surface area (Å²) in [5, 5.41) is 2.49. The first kappa shape index (κ1) is 16.1. The minimum absolute atomic E-state index is 0.125. The Hall–Kier alpha value is -0.890. The van der Waals surface area contributed by atoms with Crippen LogP contribution in [-0.4, -0.2) is 36.8 Å². The van der Waals surface area contributed by atoms with Crippen molar-refractivity contribution in [3.63, 3.8) is 0 Å². The lowest BCUT2D eigenvalue weighted by atomic mass is 10.2. The van der Waals surface area contributed by atoms with E-state index in [0.717, 1.165) is 0 Å². The Balaban J connectivity index is 3.57. The molecule has 0 aromatic carbocycles. The molecule has 0 rings (SSSR count). The van der Waals surface area contributed by atoms with Gasteiger partial charge in [0.1, 0.15) is 6.61 Å². The molecule has 0 aliphatic rings. The smallest absolute Gasteiger partial charge is 0.393 e. The van der Waals surface area contributed by atoms with Crippen LogP contribution in [0.3, 0.4) is 0 Å². The molecule has 0 bridgehead atoms. The highest BCUT2D eigenvalue weighted by molar-refractivity contribution is 7.80. The molecule has 0 saturated carbocycles. The Morgan fingerprint density at radius 1 is 1.53 bits per heavy atom. The third-order valence-electron chi connectivity index (χ3n) is 1.83. The second-order valence-electron chi connectivity index (χ2n) is 3.53. The highest BCUT2D eigenvalue weighted by Crippen LogP contribution is 2.14. The lowest BCUT2D eigenvalue weighted by Gasteiger charge is -2.11. The van der Waals surface area contributed by atoms with E-state index in [4.69, 9.17) is 18.0 Å². The predicted octanol–water partition coefficient (Wildman–Crippen LogP) is 0.994. The Morgan fingerprint density at radius 3 is 2.59 bits per heavy atom. The molecule has 0 aromatic heterocycles. The number of carbonyl (C=O) groups is 1. The van der Waals surface area contributed by atoms with Crippen LogP contribution in [0.25, 0.3) is 0 Å². The van der Waals surface area contributed by atoms with E-state index in [1.807, 2.05) is 0 Å². The molecule has 0 saturated heterocycles. The normalized spacial score (nSPS) is 13.2. The molecule has 100 valence electrons. The monoisotopic (exact) mass is 272 g/mol. The van der Waals surface area contributed by atoms with Gasteiger partial charge in [0.25, 0.3) is 0 Å². The second-order valence-corrected chi connectivity index (χ2v) is 4.00. The number of nitrogens with one attached hydrogen (secondary N) is 1. The van der Waals surface area contributed by atoms with Gasteiger partial charge in [-0.15, -0.1) is 0 Å². The molecule has 0 spiro atoms. The predicted molar refractivity (Wildman–Crippen MR) is 60.5 cm³/mol. The van der Waals surface area contributed by atoms with Gasteiger partial charge in [0.2, 0.25) is 5.91 Å². The van der Waals surface area contributed by atoms with Crippen LogP contribution in [-0.2, 0) is 9.53 Å². The van der Waals surface area contributed by atoms with Crippen molar-refractivity contribution >= 4 is 23.1 Å². The molecule has 0 fully saturated rings. The maximum atomic E-state index is 11.7. The van der Waals surface area contributed by atoms with Crippen LogP contribution in [0.1, 0.15) is 13.3 Å². The van der Waals surface area contributed by atoms with Crippen LogP contribution in [0, 0.1) is 5.92 Å². The Labute approximate surface area is 103 Å². The van der Waals surface area contributed by atoms with Crippen molar-refractivity contribution in [1.29, 1.82) is 0 Å². The molecule has 3 N–H and O–H groups in total. The largest absolute Gasteiger partial charge is 0.411 e. The third-order valence-corrected chi connectivity index (χ3v) is 2.23. The summed E-state index contributed by atoms with van der Waals surface area (Å²) in [7, 11) is 0. The SMILES string of the molecule is CC(CNC(=O)CCOCC(F)(F)F)C(N)=S. The van der Waals surface area contributed by atoms with Gasteiger partial charge in [-0.3, -0.25) is 4.79 Å². The molecule has 1 atom stereocenters. The number of ether oxygens (including phenoxy) is 1. The number of hydrogen-bond donors (Lipinski definition) is 2. The molecule has 4 nitrogen and oxygen atoms in total. The summed E-state index contributed by atoms with van der Waals surface area (Å²) in [4.78, 5) is 11.4.